The smallest absolute Gasteiger partial charge is 0.310 e. The largest absolute Gasteiger partial charge is 0.481 e. The number of hydrogen-bond acceptors (Lipinski definition) is 3. The van der Waals surface area contributed by atoms with E-state index in [-0.39, 0.29) is 60.5 Å². The summed E-state index contributed by atoms with van der Waals surface area (Å²) in [6.07, 6.45) is 0.738. The number of carbonyl (C=O) groups is 2. The second-order valence-corrected chi connectivity index (χ2v) is 5.36. The van der Waals surface area contributed by atoms with Crippen LogP contribution < -0.4 is 0 Å². The van der Waals surface area contributed by atoms with Crippen LogP contribution >= 0.6 is 15.9 Å². The van der Waals surface area contributed by atoms with E-state index in [1.165, 1.54) is 0 Å². The molecular weight excluding hydrogens is 430 g/mol. The molecule has 6 unspecified atom stereocenters. The molecule has 4 nitrogen and oxygen atoms in total. The molecule has 1 aliphatic heterocycles. The zero-order valence-corrected chi connectivity index (χ0v) is 12.9. The van der Waals surface area contributed by atoms with Gasteiger partial charge >= 0.3 is 11.9 Å². The van der Waals surface area contributed by atoms with Crippen molar-refractivity contribution in [3.8, 4) is 0 Å². The van der Waals surface area contributed by atoms with Gasteiger partial charge in [0.05, 0.1) is 16.7 Å². The molecule has 0 aromatic heterocycles. The van der Waals surface area contributed by atoms with Crippen molar-refractivity contribution in [2.24, 2.45) is 23.7 Å². The van der Waals surface area contributed by atoms with Crippen molar-refractivity contribution in [3.05, 3.63) is 0 Å². The number of esters is 1. The van der Waals surface area contributed by atoms with Gasteiger partial charge in [0.2, 0.25) is 0 Å². The van der Waals surface area contributed by atoms with E-state index in [9.17, 15) is 9.59 Å². The quantitative estimate of drug-likeness (QED) is 0.370. The molecule has 3 aliphatic rings. The molecule has 80 valence electrons. The van der Waals surface area contributed by atoms with Crippen LogP contribution in [0.5, 0.6) is 0 Å². The van der Waals surface area contributed by atoms with Crippen molar-refractivity contribution in [3.63, 3.8) is 0 Å². The molecule has 1 N–H and O–H groups in total. The third-order valence-corrected chi connectivity index (χ3v) is 5.01. The Balaban J connectivity index is 0.000000853. The van der Waals surface area contributed by atoms with Crippen LogP contribution in [0.25, 0.3) is 0 Å². The van der Waals surface area contributed by atoms with Crippen molar-refractivity contribution >= 4 is 27.9 Å². The van der Waals surface area contributed by atoms with Gasteiger partial charge in [0.1, 0.15) is 6.10 Å². The monoisotopic (exact) mass is 440 g/mol. The summed E-state index contributed by atoms with van der Waals surface area (Å²) in [5.41, 5.74) is 0. The van der Waals surface area contributed by atoms with Crippen LogP contribution in [0, 0.1) is 23.7 Å². The number of ether oxygens (including phenoxy) is 1. The van der Waals surface area contributed by atoms with Gasteiger partial charge in [-0.05, 0) is 12.3 Å². The Morgan fingerprint density at radius 2 is 2.13 bits per heavy atom. The Hall–Kier alpha value is 0.290. The summed E-state index contributed by atoms with van der Waals surface area (Å²) in [6.45, 7) is 0. The summed E-state index contributed by atoms with van der Waals surface area (Å²) in [7, 11) is 0. The number of carboxylic acids is 1. The van der Waals surface area contributed by atoms with E-state index < -0.39 is 11.9 Å². The topological polar surface area (TPSA) is 63.6 Å². The molecule has 0 radical (unpaired) electrons. The fourth-order valence-corrected chi connectivity index (χ4v) is 4.35. The molecule has 0 aromatic carbocycles. The van der Waals surface area contributed by atoms with Gasteiger partial charge in [0.25, 0.3) is 0 Å². The Labute approximate surface area is 114 Å². The van der Waals surface area contributed by atoms with E-state index >= 15 is 0 Å². The Morgan fingerprint density at radius 3 is 2.73 bits per heavy atom. The number of hydrogen-bond donors (Lipinski definition) is 1. The third-order valence-electron chi connectivity index (χ3n) is 3.81. The average molecular weight is 440 g/mol. The van der Waals surface area contributed by atoms with E-state index in [2.05, 4.69) is 15.9 Å². The van der Waals surface area contributed by atoms with E-state index in [4.69, 9.17) is 9.84 Å². The van der Waals surface area contributed by atoms with Crippen LogP contribution in [0.2, 0.25) is 0 Å². The molecule has 0 aromatic rings. The number of alkyl halides is 1. The molecule has 2 saturated carbocycles. The molecular formula is C9H9BrHfO4. The molecule has 2 aliphatic carbocycles. The van der Waals surface area contributed by atoms with Crippen molar-refractivity contribution in [1.82, 2.24) is 0 Å². The molecule has 6 atom stereocenters. The van der Waals surface area contributed by atoms with E-state index in [1.54, 1.807) is 0 Å². The number of carboxylic acid groups (broad SMARTS) is 1. The molecule has 3 rings (SSSR count). The summed E-state index contributed by atoms with van der Waals surface area (Å²) in [5, 5.41) is 9.06. The normalized spacial score (nSPS) is 50.1. The van der Waals surface area contributed by atoms with Crippen molar-refractivity contribution in [1.29, 1.82) is 0 Å². The molecule has 0 amide bonds. The number of halogens is 1. The summed E-state index contributed by atoms with van der Waals surface area (Å²) in [4.78, 5) is 22.5. The first-order valence-electron chi connectivity index (χ1n) is 4.68. The van der Waals surface area contributed by atoms with Crippen LogP contribution in [0.1, 0.15) is 6.42 Å². The molecule has 15 heavy (non-hydrogen) atoms. The first kappa shape index (κ1) is 11.8. The molecule has 3 fully saturated rings. The fourth-order valence-electron chi connectivity index (χ4n) is 3.31. The summed E-state index contributed by atoms with van der Waals surface area (Å²) in [6, 6.07) is 0. The number of carbonyl (C=O) groups excluding carboxylic acids is 1. The Kier molecular flexibility index (Phi) is 2.86. The van der Waals surface area contributed by atoms with Crippen molar-refractivity contribution < 1.29 is 45.3 Å². The minimum atomic E-state index is -0.857. The number of aliphatic carboxylic acids is 1. The predicted molar refractivity (Wildman–Crippen MR) is 48.8 cm³/mol. The van der Waals surface area contributed by atoms with Gasteiger partial charge < -0.3 is 9.84 Å². The number of rotatable bonds is 1. The third kappa shape index (κ3) is 1.33. The van der Waals surface area contributed by atoms with Gasteiger partial charge in [0.15, 0.2) is 0 Å². The minimum Gasteiger partial charge on any atom is -0.481 e. The second kappa shape index (κ2) is 3.65. The van der Waals surface area contributed by atoms with Gasteiger partial charge in [-0.1, -0.05) is 15.9 Å². The maximum atomic E-state index is 11.4. The van der Waals surface area contributed by atoms with Gasteiger partial charge in [-0.3, -0.25) is 9.59 Å². The molecule has 1 saturated heterocycles. The minimum absolute atomic E-state index is 0. The maximum absolute atomic E-state index is 11.4. The Morgan fingerprint density at radius 1 is 1.47 bits per heavy atom. The van der Waals surface area contributed by atoms with Crippen LogP contribution in [0.4, 0.5) is 0 Å². The van der Waals surface area contributed by atoms with E-state index in [0.717, 1.165) is 6.42 Å². The van der Waals surface area contributed by atoms with Gasteiger partial charge in [-0.25, -0.2) is 0 Å². The summed E-state index contributed by atoms with van der Waals surface area (Å²) >= 11 is 3.44. The molecule has 2 bridgehead atoms. The Bertz CT molecular complexity index is 334. The standard InChI is InChI=1S/C9H9BrO4.Hf/c10-6-2-1-3-5(4(2)8(11)12)9(13)14-7(3)6;/h2-7H,1H2,(H,11,12);. The van der Waals surface area contributed by atoms with Crippen LogP contribution in [-0.4, -0.2) is 28.0 Å². The summed E-state index contributed by atoms with van der Waals surface area (Å²) in [5.74, 6) is -1.87. The molecule has 6 heteroatoms. The van der Waals surface area contributed by atoms with Crippen LogP contribution in [0.3, 0.4) is 0 Å². The molecule has 0 spiro atoms. The summed E-state index contributed by atoms with van der Waals surface area (Å²) < 4.78 is 5.18. The zero-order valence-electron chi connectivity index (χ0n) is 7.72. The number of fused-ring (bicyclic) bond motifs is 1. The first-order valence-corrected chi connectivity index (χ1v) is 5.60. The van der Waals surface area contributed by atoms with Crippen LogP contribution in [-0.2, 0) is 40.2 Å². The first-order chi connectivity index (χ1) is 6.61. The maximum Gasteiger partial charge on any atom is 0.310 e. The molecule has 1 heterocycles. The van der Waals surface area contributed by atoms with Gasteiger partial charge in [-0.15, -0.1) is 0 Å². The van der Waals surface area contributed by atoms with Gasteiger partial charge in [0, 0.05) is 31.8 Å². The van der Waals surface area contributed by atoms with E-state index in [0.29, 0.717) is 0 Å². The predicted octanol–water partition coefficient (Wildman–Crippen LogP) is 0.639. The van der Waals surface area contributed by atoms with E-state index in [1.807, 2.05) is 0 Å². The van der Waals surface area contributed by atoms with Crippen molar-refractivity contribution in [2.75, 3.05) is 0 Å². The van der Waals surface area contributed by atoms with Crippen molar-refractivity contribution in [2.45, 2.75) is 17.4 Å². The second-order valence-electron chi connectivity index (χ2n) is 4.30. The fraction of sp³-hybridized carbons (Fsp3) is 0.778. The SMILES string of the molecule is O=C(O)C1C2CC3C(OC(=O)C31)C2Br.[Hf]. The van der Waals surface area contributed by atoms with Crippen LogP contribution in [0.15, 0.2) is 0 Å². The zero-order chi connectivity index (χ0) is 10.0. The van der Waals surface area contributed by atoms with Gasteiger partial charge in [-0.2, -0.15) is 0 Å². The average Bonchev–Trinajstić information content (AvgIpc) is 2.67.